The molecule has 0 radical (unpaired) electrons. The van der Waals surface area contributed by atoms with E-state index in [2.05, 4.69) is 20.4 Å². The van der Waals surface area contributed by atoms with Gasteiger partial charge < -0.3 is 5.32 Å². The second-order valence-electron chi connectivity index (χ2n) is 4.43. The zero-order valence-electron chi connectivity index (χ0n) is 11.2. The highest BCUT2D eigenvalue weighted by Gasteiger charge is 2.12. The van der Waals surface area contributed by atoms with Gasteiger partial charge in [-0.05, 0) is 30.3 Å². The molecule has 0 atom stereocenters. The van der Waals surface area contributed by atoms with Crippen molar-refractivity contribution in [3.05, 3.63) is 48.2 Å². The number of nitrogens with one attached hydrogen (secondary N) is 1. The Hall–Kier alpha value is -2.83. The average molecular weight is 285 g/mol. The Morgan fingerprint density at radius 2 is 2.05 bits per heavy atom. The third kappa shape index (κ3) is 2.58. The standard InChI is InChI=1S/C14H12FN5O/c1-16-13(21)8-12-18-14-17-7-6-11(20(14)19-12)9-2-4-10(15)5-3-9/h2-7H,8H2,1H3,(H,16,21). The number of rotatable bonds is 3. The number of likely N-dealkylation sites (N-methyl/N-ethyl adjacent to an activating group) is 1. The predicted molar refractivity (Wildman–Crippen MR) is 73.9 cm³/mol. The molecule has 1 amide bonds. The van der Waals surface area contributed by atoms with Crippen molar-refractivity contribution in [1.29, 1.82) is 0 Å². The van der Waals surface area contributed by atoms with Crippen molar-refractivity contribution in [2.24, 2.45) is 0 Å². The van der Waals surface area contributed by atoms with Crippen LogP contribution in [0.1, 0.15) is 5.82 Å². The van der Waals surface area contributed by atoms with Gasteiger partial charge in [0.25, 0.3) is 5.78 Å². The number of hydrogen-bond acceptors (Lipinski definition) is 4. The normalized spacial score (nSPS) is 10.8. The minimum absolute atomic E-state index is 0.0860. The number of benzene rings is 1. The van der Waals surface area contributed by atoms with E-state index in [4.69, 9.17) is 0 Å². The first-order valence-corrected chi connectivity index (χ1v) is 6.34. The number of halogens is 1. The maximum Gasteiger partial charge on any atom is 0.252 e. The molecule has 0 unspecified atom stereocenters. The molecule has 0 aliphatic carbocycles. The third-order valence-corrected chi connectivity index (χ3v) is 3.02. The maximum atomic E-state index is 13.0. The first-order valence-electron chi connectivity index (χ1n) is 6.34. The quantitative estimate of drug-likeness (QED) is 0.785. The van der Waals surface area contributed by atoms with E-state index in [1.165, 1.54) is 12.1 Å². The molecule has 0 saturated carbocycles. The molecule has 0 aliphatic rings. The second-order valence-corrected chi connectivity index (χ2v) is 4.43. The Balaban J connectivity index is 2.07. The van der Waals surface area contributed by atoms with Gasteiger partial charge in [0.1, 0.15) is 5.82 Å². The topological polar surface area (TPSA) is 72.2 Å². The lowest BCUT2D eigenvalue weighted by atomic mass is 10.1. The molecular formula is C14H12FN5O. The number of nitrogens with zero attached hydrogens (tertiary/aromatic N) is 4. The highest BCUT2D eigenvalue weighted by atomic mass is 19.1. The third-order valence-electron chi connectivity index (χ3n) is 3.02. The van der Waals surface area contributed by atoms with E-state index >= 15 is 0 Å². The first kappa shape index (κ1) is 13.2. The van der Waals surface area contributed by atoms with Gasteiger partial charge in [0, 0.05) is 18.8 Å². The van der Waals surface area contributed by atoms with Gasteiger partial charge >= 0.3 is 0 Å². The van der Waals surface area contributed by atoms with Crippen LogP contribution < -0.4 is 5.32 Å². The molecule has 7 heteroatoms. The second kappa shape index (κ2) is 5.28. The highest BCUT2D eigenvalue weighted by Crippen LogP contribution is 2.19. The molecule has 1 aromatic carbocycles. The Morgan fingerprint density at radius 3 is 2.76 bits per heavy atom. The summed E-state index contributed by atoms with van der Waals surface area (Å²) in [4.78, 5) is 19.7. The lowest BCUT2D eigenvalue weighted by Gasteiger charge is -2.03. The van der Waals surface area contributed by atoms with E-state index in [0.29, 0.717) is 11.6 Å². The molecule has 0 saturated heterocycles. The van der Waals surface area contributed by atoms with E-state index in [1.54, 1.807) is 36.0 Å². The van der Waals surface area contributed by atoms with Crippen molar-refractivity contribution in [2.45, 2.75) is 6.42 Å². The van der Waals surface area contributed by atoms with Gasteiger partial charge in [-0.15, -0.1) is 5.10 Å². The van der Waals surface area contributed by atoms with Crippen LogP contribution in [0, 0.1) is 5.82 Å². The lowest BCUT2D eigenvalue weighted by Crippen LogP contribution is -2.20. The fraction of sp³-hybridized carbons (Fsp3) is 0.143. The van der Waals surface area contributed by atoms with Crippen molar-refractivity contribution in [2.75, 3.05) is 7.05 Å². The summed E-state index contributed by atoms with van der Waals surface area (Å²) in [5.74, 6) is 0.310. The van der Waals surface area contributed by atoms with Crippen LogP contribution >= 0.6 is 0 Å². The molecule has 0 spiro atoms. The van der Waals surface area contributed by atoms with Crippen LogP contribution in [-0.4, -0.2) is 32.5 Å². The van der Waals surface area contributed by atoms with Crippen molar-refractivity contribution in [1.82, 2.24) is 24.9 Å². The molecule has 6 nitrogen and oxygen atoms in total. The zero-order valence-corrected chi connectivity index (χ0v) is 11.2. The number of carbonyl (C=O) groups excluding carboxylic acids is 1. The van der Waals surface area contributed by atoms with Crippen molar-refractivity contribution < 1.29 is 9.18 Å². The average Bonchev–Trinajstić information content (AvgIpc) is 2.90. The molecule has 2 heterocycles. The largest absolute Gasteiger partial charge is 0.359 e. The molecular weight excluding hydrogens is 273 g/mol. The number of fused-ring (bicyclic) bond motifs is 1. The number of carbonyl (C=O) groups is 1. The van der Waals surface area contributed by atoms with Crippen molar-refractivity contribution in [3.63, 3.8) is 0 Å². The number of amides is 1. The smallest absolute Gasteiger partial charge is 0.252 e. The minimum atomic E-state index is -0.303. The molecule has 0 fully saturated rings. The summed E-state index contributed by atoms with van der Waals surface area (Å²) in [6.45, 7) is 0. The Labute approximate surface area is 119 Å². The van der Waals surface area contributed by atoms with Gasteiger partial charge in [-0.1, -0.05) is 0 Å². The van der Waals surface area contributed by atoms with E-state index in [1.807, 2.05) is 0 Å². The zero-order chi connectivity index (χ0) is 14.8. The van der Waals surface area contributed by atoms with Crippen LogP contribution in [0.4, 0.5) is 4.39 Å². The van der Waals surface area contributed by atoms with Crippen molar-refractivity contribution >= 4 is 11.7 Å². The minimum Gasteiger partial charge on any atom is -0.359 e. The van der Waals surface area contributed by atoms with Crippen LogP contribution in [0.3, 0.4) is 0 Å². The van der Waals surface area contributed by atoms with Crippen LogP contribution in [-0.2, 0) is 11.2 Å². The van der Waals surface area contributed by atoms with Crippen LogP contribution in [0.15, 0.2) is 36.5 Å². The summed E-state index contributed by atoms with van der Waals surface area (Å²) in [5, 5.41) is 6.81. The Bertz CT molecular complexity index is 797. The monoisotopic (exact) mass is 285 g/mol. The summed E-state index contributed by atoms with van der Waals surface area (Å²) in [6, 6.07) is 7.83. The molecule has 0 aliphatic heterocycles. The van der Waals surface area contributed by atoms with Gasteiger partial charge in [-0.3, -0.25) is 4.79 Å². The first-order chi connectivity index (χ1) is 10.2. The van der Waals surface area contributed by atoms with Crippen LogP contribution in [0.5, 0.6) is 0 Å². The molecule has 3 rings (SSSR count). The summed E-state index contributed by atoms with van der Waals surface area (Å²) in [7, 11) is 1.56. The van der Waals surface area contributed by atoms with E-state index in [-0.39, 0.29) is 18.1 Å². The predicted octanol–water partition coefficient (Wildman–Crippen LogP) is 1.22. The van der Waals surface area contributed by atoms with Crippen LogP contribution in [0.2, 0.25) is 0 Å². The maximum absolute atomic E-state index is 13.0. The van der Waals surface area contributed by atoms with E-state index in [9.17, 15) is 9.18 Å². The van der Waals surface area contributed by atoms with E-state index < -0.39 is 0 Å². The van der Waals surface area contributed by atoms with Gasteiger partial charge in [0.2, 0.25) is 5.91 Å². The van der Waals surface area contributed by atoms with Gasteiger partial charge in [0.05, 0.1) is 12.1 Å². The van der Waals surface area contributed by atoms with Gasteiger partial charge in [-0.25, -0.2) is 9.37 Å². The van der Waals surface area contributed by atoms with E-state index in [0.717, 1.165) is 11.3 Å². The summed E-state index contributed by atoms with van der Waals surface area (Å²) in [5.41, 5.74) is 1.52. The molecule has 1 N–H and O–H groups in total. The van der Waals surface area contributed by atoms with Gasteiger partial charge in [-0.2, -0.15) is 9.50 Å². The molecule has 0 bridgehead atoms. The van der Waals surface area contributed by atoms with Crippen molar-refractivity contribution in [3.8, 4) is 11.3 Å². The lowest BCUT2D eigenvalue weighted by molar-refractivity contribution is -0.120. The fourth-order valence-electron chi connectivity index (χ4n) is 1.98. The highest BCUT2D eigenvalue weighted by molar-refractivity contribution is 5.77. The Kier molecular flexibility index (Phi) is 3.31. The summed E-state index contributed by atoms with van der Waals surface area (Å²) >= 11 is 0. The fourth-order valence-corrected chi connectivity index (χ4v) is 1.98. The number of aromatic nitrogens is 4. The SMILES string of the molecule is CNC(=O)Cc1nc2nccc(-c3ccc(F)cc3)n2n1. The Morgan fingerprint density at radius 1 is 1.29 bits per heavy atom. The number of hydrogen-bond donors (Lipinski definition) is 1. The summed E-state index contributed by atoms with van der Waals surface area (Å²) < 4.78 is 14.6. The molecule has 21 heavy (non-hydrogen) atoms. The molecule has 3 aromatic rings. The van der Waals surface area contributed by atoms with Crippen LogP contribution in [0.25, 0.3) is 17.0 Å². The summed E-state index contributed by atoms with van der Waals surface area (Å²) in [6.07, 6.45) is 1.69. The molecule has 2 aromatic heterocycles. The van der Waals surface area contributed by atoms with Gasteiger partial charge in [0.15, 0.2) is 5.82 Å². The molecule has 106 valence electrons.